The summed E-state index contributed by atoms with van der Waals surface area (Å²) in [5.41, 5.74) is 5.02. The largest absolute Gasteiger partial charge is 0.489 e. The number of ether oxygens (including phenoxy) is 1. The maximum Gasteiger partial charge on any atom is 0.162 e. The molecule has 36 heavy (non-hydrogen) atoms. The van der Waals surface area contributed by atoms with Crippen molar-refractivity contribution in [1.29, 1.82) is 0 Å². The van der Waals surface area contributed by atoms with E-state index >= 15 is 0 Å². The van der Waals surface area contributed by atoms with Gasteiger partial charge in [-0.1, -0.05) is 69.1 Å². The van der Waals surface area contributed by atoms with Gasteiger partial charge in [-0.2, -0.15) is 0 Å². The summed E-state index contributed by atoms with van der Waals surface area (Å²) >= 11 is 12.3. The van der Waals surface area contributed by atoms with Crippen molar-refractivity contribution in [2.24, 2.45) is 10.8 Å². The molecule has 0 aromatic heterocycles. The minimum atomic E-state index is -0.344. The predicted molar refractivity (Wildman–Crippen MR) is 143 cm³/mol. The Morgan fingerprint density at radius 1 is 0.833 bits per heavy atom. The second kappa shape index (κ2) is 9.08. The highest BCUT2D eigenvalue weighted by atomic mass is 35.5. The number of nitrogens with one attached hydrogen (secondary N) is 1. The van der Waals surface area contributed by atoms with Crippen molar-refractivity contribution in [2.45, 2.75) is 65.9 Å². The summed E-state index contributed by atoms with van der Waals surface area (Å²) < 4.78 is 5.97. The predicted octanol–water partition coefficient (Wildman–Crippen LogP) is 7.55. The summed E-state index contributed by atoms with van der Waals surface area (Å²) in [6, 6.07) is 13.1. The van der Waals surface area contributed by atoms with Crippen molar-refractivity contribution in [2.75, 3.05) is 0 Å². The van der Waals surface area contributed by atoms with Crippen molar-refractivity contribution >= 4 is 34.8 Å². The number of halogens is 2. The molecule has 0 atom stereocenters. The fourth-order valence-electron chi connectivity index (χ4n) is 5.78. The first-order chi connectivity index (χ1) is 16.9. The first-order valence-electron chi connectivity index (χ1n) is 12.4. The molecule has 2 aliphatic carbocycles. The van der Waals surface area contributed by atoms with Gasteiger partial charge in [-0.05, 0) is 53.5 Å². The first-order valence-corrected chi connectivity index (χ1v) is 13.1. The van der Waals surface area contributed by atoms with Crippen molar-refractivity contribution in [1.82, 2.24) is 5.32 Å². The SMILES string of the molecule is CC1(C)CC(=O)C2=C(C1)NC1=C(C(=O)CC(C)(C)C1)C2c1ccc(OCc2ccc(Cl)cc2Cl)cc1. The standard InChI is InChI=1S/C30H31Cl2NO3/c1-29(2)12-22-27(24(34)14-29)26(28-23(33-22)13-30(3,4)15-25(28)35)17-6-9-20(10-7-17)36-16-18-5-8-19(31)11-21(18)32/h5-11,26,33H,12-16H2,1-4H3. The summed E-state index contributed by atoms with van der Waals surface area (Å²) in [4.78, 5) is 26.9. The number of hydrogen-bond donors (Lipinski definition) is 1. The number of rotatable bonds is 4. The van der Waals surface area contributed by atoms with Gasteiger partial charge in [-0.3, -0.25) is 9.59 Å². The van der Waals surface area contributed by atoms with Gasteiger partial charge >= 0.3 is 0 Å². The molecule has 5 rings (SSSR count). The van der Waals surface area contributed by atoms with Gasteiger partial charge < -0.3 is 10.1 Å². The zero-order chi connectivity index (χ0) is 25.8. The summed E-state index contributed by atoms with van der Waals surface area (Å²) in [6.45, 7) is 8.83. The number of hydrogen-bond acceptors (Lipinski definition) is 4. The van der Waals surface area contributed by atoms with Crippen LogP contribution in [0.3, 0.4) is 0 Å². The molecule has 0 saturated carbocycles. The fraction of sp³-hybridized carbons (Fsp3) is 0.400. The Bertz CT molecular complexity index is 1270. The zero-order valence-corrected chi connectivity index (χ0v) is 22.6. The molecule has 1 aliphatic heterocycles. The van der Waals surface area contributed by atoms with Crippen LogP contribution in [0, 0.1) is 10.8 Å². The molecule has 2 aromatic carbocycles. The van der Waals surface area contributed by atoms with E-state index in [1.807, 2.05) is 30.3 Å². The van der Waals surface area contributed by atoms with Crippen LogP contribution in [-0.4, -0.2) is 11.6 Å². The van der Waals surface area contributed by atoms with Crippen molar-refractivity contribution in [3.63, 3.8) is 0 Å². The molecule has 3 aliphatic rings. The summed E-state index contributed by atoms with van der Waals surface area (Å²) in [5.74, 6) is 0.596. The highest BCUT2D eigenvalue weighted by Gasteiger charge is 2.46. The Kier molecular flexibility index (Phi) is 6.33. The summed E-state index contributed by atoms with van der Waals surface area (Å²) in [5, 5.41) is 4.70. The topological polar surface area (TPSA) is 55.4 Å². The second-order valence-electron chi connectivity index (χ2n) is 11.8. The Morgan fingerprint density at radius 3 is 1.92 bits per heavy atom. The molecule has 0 amide bonds. The minimum Gasteiger partial charge on any atom is -0.489 e. The molecule has 0 fully saturated rings. The van der Waals surface area contributed by atoms with Gasteiger partial charge in [-0.25, -0.2) is 0 Å². The van der Waals surface area contributed by atoms with E-state index in [0.29, 0.717) is 35.2 Å². The lowest BCUT2D eigenvalue weighted by Crippen LogP contribution is -2.42. The van der Waals surface area contributed by atoms with E-state index in [0.717, 1.165) is 46.5 Å². The molecule has 188 valence electrons. The van der Waals surface area contributed by atoms with Crippen LogP contribution in [0.2, 0.25) is 10.0 Å². The van der Waals surface area contributed by atoms with E-state index in [2.05, 4.69) is 33.0 Å². The van der Waals surface area contributed by atoms with Gasteiger partial charge in [-0.15, -0.1) is 0 Å². The number of allylic oxidation sites excluding steroid dienone is 4. The van der Waals surface area contributed by atoms with E-state index in [-0.39, 0.29) is 28.3 Å². The molecule has 4 nitrogen and oxygen atoms in total. The molecule has 2 aromatic rings. The van der Waals surface area contributed by atoms with Crippen LogP contribution < -0.4 is 10.1 Å². The minimum absolute atomic E-state index is 0.111. The van der Waals surface area contributed by atoms with Gasteiger partial charge in [0.1, 0.15) is 12.4 Å². The molecule has 0 saturated heterocycles. The van der Waals surface area contributed by atoms with Crippen LogP contribution in [0.1, 0.15) is 70.4 Å². The lowest BCUT2D eigenvalue weighted by Gasteiger charge is -2.44. The van der Waals surface area contributed by atoms with Crippen LogP contribution >= 0.6 is 23.2 Å². The number of carbonyl (C=O) groups is 2. The smallest absolute Gasteiger partial charge is 0.162 e. The lowest BCUT2D eigenvalue weighted by atomic mass is 9.64. The number of dihydropyridines is 1. The van der Waals surface area contributed by atoms with E-state index in [9.17, 15) is 9.59 Å². The van der Waals surface area contributed by atoms with Gasteiger partial charge in [0.05, 0.1) is 0 Å². The molecule has 1 heterocycles. The van der Waals surface area contributed by atoms with Crippen molar-refractivity contribution in [3.05, 3.63) is 86.2 Å². The van der Waals surface area contributed by atoms with Crippen LogP contribution in [0.15, 0.2) is 65.0 Å². The van der Waals surface area contributed by atoms with Crippen LogP contribution in [-0.2, 0) is 16.2 Å². The highest BCUT2D eigenvalue weighted by molar-refractivity contribution is 6.35. The maximum absolute atomic E-state index is 13.4. The average molecular weight is 524 g/mol. The van der Waals surface area contributed by atoms with Gasteiger partial charge in [0.25, 0.3) is 0 Å². The third-order valence-electron chi connectivity index (χ3n) is 7.34. The van der Waals surface area contributed by atoms with E-state index < -0.39 is 0 Å². The van der Waals surface area contributed by atoms with Crippen LogP contribution in [0.5, 0.6) is 5.75 Å². The Morgan fingerprint density at radius 2 is 1.39 bits per heavy atom. The molecule has 0 bridgehead atoms. The Balaban J connectivity index is 1.48. The molecule has 0 spiro atoms. The second-order valence-corrected chi connectivity index (χ2v) is 12.7. The maximum atomic E-state index is 13.4. The molecule has 0 radical (unpaired) electrons. The third kappa shape index (κ3) is 4.86. The fourth-order valence-corrected chi connectivity index (χ4v) is 6.24. The zero-order valence-electron chi connectivity index (χ0n) is 21.1. The van der Waals surface area contributed by atoms with Crippen LogP contribution in [0.4, 0.5) is 0 Å². The first kappa shape index (κ1) is 25.1. The molecular formula is C30H31Cl2NO3. The Labute approximate surface area is 222 Å². The summed E-state index contributed by atoms with van der Waals surface area (Å²) in [7, 11) is 0. The van der Waals surface area contributed by atoms with E-state index in [1.54, 1.807) is 12.1 Å². The number of carbonyl (C=O) groups excluding carboxylic acids is 2. The Hall–Kier alpha value is -2.56. The quantitative estimate of drug-likeness (QED) is 0.449. The van der Waals surface area contributed by atoms with Crippen LogP contribution in [0.25, 0.3) is 0 Å². The lowest BCUT2D eigenvalue weighted by molar-refractivity contribution is -0.119. The third-order valence-corrected chi connectivity index (χ3v) is 7.93. The van der Waals surface area contributed by atoms with E-state index in [1.165, 1.54) is 0 Å². The van der Waals surface area contributed by atoms with Crippen molar-refractivity contribution in [3.8, 4) is 5.75 Å². The van der Waals surface area contributed by atoms with Gasteiger partial charge in [0.15, 0.2) is 11.6 Å². The average Bonchev–Trinajstić information content (AvgIpc) is 2.76. The highest BCUT2D eigenvalue weighted by Crippen LogP contribution is 2.51. The van der Waals surface area contributed by atoms with E-state index in [4.69, 9.17) is 27.9 Å². The van der Waals surface area contributed by atoms with Gasteiger partial charge in [0.2, 0.25) is 0 Å². The normalized spacial score (nSPS) is 21.2. The summed E-state index contributed by atoms with van der Waals surface area (Å²) in [6.07, 6.45) is 2.54. The molecule has 6 heteroatoms. The molecule has 1 N–H and O–H groups in total. The number of Topliss-reactive ketones (excluding diaryl/α,β-unsaturated/α-hetero) is 2. The van der Waals surface area contributed by atoms with Crippen molar-refractivity contribution < 1.29 is 14.3 Å². The monoisotopic (exact) mass is 523 g/mol. The van der Waals surface area contributed by atoms with Gasteiger partial charge in [0, 0.05) is 56.9 Å². The molecule has 0 unspecified atom stereocenters. The number of benzene rings is 2. The molecular weight excluding hydrogens is 493 g/mol. The number of ketones is 2.